The van der Waals surface area contributed by atoms with Crippen molar-refractivity contribution in [2.45, 2.75) is 0 Å². The normalized spacial score (nSPS) is 10.1. The lowest BCUT2D eigenvalue weighted by Crippen LogP contribution is -1.90. The topological polar surface area (TPSA) is 12.9 Å². The Balaban J connectivity index is 2.61. The van der Waals surface area contributed by atoms with E-state index < -0.39 is 0 Å². The Morgan fingerprint density at radius 2 is 1.86 bits per heavy atom. The van der Waals surface area contributed by atoms with Crippen LogP contribution in [0.15, 0.2) is 42.6 Å². The Kier molecular flexibility index (Phi) is 2.77. The molecule has 0 spiro atoms. The maximum atomic E-state index is 13.4. The molecule has 1 aromatic carbocycles. The van der Waals surface area contributed by atoms with Gasteiger partial charge in [0.25, 0.3) is 0 Å². The molecule has 70 valence electrons. The second kappa shape index (κ2) is 4.04. The van der Waals surface area contributed by atoms with E-state index >= 15 is 0 Å². The Hall–Kier alpha value is -0.970. The lowest BCUT2D eigenvalue weighted by molar-refractivity contribution is 0.625. The highest BCUT2D eigenvalue weighted by Crippen LogP contribution is 2.24. The minimum atomic E-state index is -0.281. The van der Waals surface area contributed by atoms with Gasteiger partial charge in [0.05, 0.1) is 0 Å². The van der Waals surface area contributed by atoms with Crippen molar-refractivity contribution in [2.24, 2.45) is 0 Å². The molecule has 0 aliphatic carbocycles. The van der Waals surface area contributed by atoms with Gasteiger partial charge in [0.15, 0.2) is 0 Å². The van der Waals surface area contributed by atoms with Gasteiger partial charge in [-0.05, 0) is 40.8 Å². The highest BCUT2D eigenvalue weighted by atomic mass is 127. The molecule has 0 aliphatic heterocycles. The summed E-state index contributed by atoms with van der Waals surface area (Å²) in [7, 11) is 0. The van der Waals surface area contributed by atoms with Crippen LogP contribution < -0.4 is 0 Å². The molecular weight excluding hydrogens is 292 g/mol. The van der Waals surface area contributed by atoms with Crippen LogP contribution in [0.1, 0.15) is 0 Å². The number of hydrogen-bond donors (Lipinski definition) is 0. The fraction of sp³-hybridized carbons (Fsp3) is 0. The highest BCUT2D eigenvalue weighted by molar-refractivity contribution is 14.1. The Bertz CT molecular complexity index is 413. The minimum Gasteiger partial charge on any atom is -0.253 e. The second-order valence-electron chi connectivity index (χ2n) is 2.81. The van der Waals surface area contributed by atoms with Gasteiger partial charge in [-0.3, -0.25) is 4.98 Å². The smallest absolute Gasteiger partial charge is 0.149 e. The zero-order chi connectivity index (χ0) is 9.97. The first-order valence-corrected chi connectivity index (χ1v) is 5.22. The standard InChI is InChI=1S/C11H7FIN/c12-9-5-3-7-14-11(9)8-4-1-2-6-10(8)13/h1-7H. The first kappa shape index (κ1) is 9.58. The van der Waals surface area contributed by atoms with Crippen LogP contribution in [-0.2, 0) is 0 Å². The van der Waals surface area contributed by atoms with Crippen LogP contribution >= 0.6 is 22.6 Å². The summed E-state index contributed by atoms with van der Waals surface area (Å²) >= 11 is 2.17. The van der Waals surface area contributed by atoms with E-state index in [-0.39, 0.29) is 5.82 Å². The van der Waals surface area contributed by atoms with Crippen LogP contribution in [0, 0.1) is 9.39 Å². The largest absolute Gasteiger partial charge is 0.253 e. The Morgan fingerprint density at radius 1 is 1.07 bits per heavy atom. The molecule has 1 heterocycles. The molecule has 0 radical (unpaired) electrons. The van der Waals surface area contributed by atoms with Crippen LogP contribution in [0.5, 0.6) is 0 Å². The van der Waals surface area contributed by atoms with E-state index in [1.165, 1.54) is 6.07 Å². The molecule has 14 heavy (non-hydrogen) atoms. The van der Waals surface area contributed by atoms with E-state index in [9.17, 15) is 4.39 Å². The molecule has 3 heteroatoms. The van der Waals surface area contributed by atoms with E-state index in [4.69, 9.17) is 0 Å². The molecule has 0 bridgehead atoms. The highest BCUT2D eigenvalue weighted by Gasteiger charge is 2.07. The van der Waals surface area contributed by atoms with Crippen LogP contribution in [0.2, 0.25) is 0 Å². The number of hydrogen-bond acceptors (Lipinski definition) is 1. The monoisotopic (exact) mass is 299 g/mol. The van der Waals surface area contributed by atoms with Crippen molar-refractivity contribution >= 4 is 22.6 Å². The summed E-state index contributed by atoms with van der Waals surface area (Å²) in [4.78, 5) is 4.03. The maximum absolute atomic E-state index is 13.4. The summed E-state index contributed by atoms with van der Waals surface area (Å²) in [5, 5.41) is 0. The van der Waals surface area contributed by atoms with Crippen LogP contribution in [0.3, 0.4) is 0 Å². The predicted octanol–water partition coefficient (Wildman–Crippen LogP) is 3.49. The average molecular weight is 299 g/mol. The van der Waals surface area contributed by atoms with Crippen molar-refractivity contribution < 1.29 is 4.39 Å². The molecule has 0 atom stereocenters. The summed E-state index contributed by atoms with van der Waals surface area (Å²) in [6, 6.07) is 10.6. The molecule has 0 saturated carbocycles. The quantitative estimate of drug-likeness (QED) is 0.735. The van der Waals surface area contributed by atoms with Gasteiger partial charge in [-0.1, -0.05) is 18.2 Å². The number of nitrogens with zero attached hydrogens (tertiary/aromatic N) is 1. The summed E-state index contributed by atoms with van der Waals surface area (Å²) in [5.74, 6) is -0.281. The van der Waals surface area contributed by atoms with Gasteiger partial charge in [-0.15, -0.1) is 0 Å². The molecule has 1 nitrogen and oxygen atoms in total. The molecule has 2 rings (SSSR count). The van der Waals surface area contributed by atoms with Gasteiger partial charge in [0.2, 0.25) is 0 Å². The van der Waals surface area contributed by atoms with Gasteiger partial charge in [-0.2, -0.15) is 0 Å². The molecule has 2 aromatic rings. The number of aromatic nitrogens is 1. The molecule has 0 amide bonds. The second-order valence-corrected chi connectivity index (χ2v) is 3.98. The van der Waals surface area contributed by atoms with E-state index in [0.717, 1.165) is 9.13 Å². The minimum absolute atomic E-state index is 0.281. The first-order chi connectivity index (χ1) is 6.79. The lowest BCUT2D eigenvalue weighted by atomic mass is 10.1. The van der Waals surface area contributed by atoms with Crippen molar-refractivity contribution in [1.29, 1.82) is 0 Å². The molecule has 0 aliphatic rings. The third-order valence-electron chi connectivity index (χ3n) is 1.89. The van der Waals surface area contributed by atoms with Crippen LogP contribution in [0.4, 0.5) is 4.39 Å². The summed E-state index contributed by atoms with van der Waals surface area (Å²) in [5.41, 5.74) is 1.25. The zero-order valence-corrected chi connectivity index (χ0v) is 9.40. The number of rotatable bonds is 1. The van der Waals surface area contributed by atoms with Crippen LogP contribution in [0.25, 0.3) is 11.3 Å². The van der Waals surface area contributed by atoms with E-state index in [1.54, 1.807) is 12.3 Å². The van der Waals surface area contributed by atoms with E-state index in [0.29, 0.717) is 5.69 Å². The summed E-state index contributed by atoms with van der Waals surface area (Å²) in [6.45, 7) is 0. The SMILES string of the molecule is Fc1cccnc1-c1ccccc1I. The molecule has 0 saturated heterocycles. The van der Waals surface area contributed by atoms with Crippen molar-refractivity contribution in [1.82, 2.24) is 4.98 Å². The maximum Gasteiger partial charge on any atom is 0.149 e. The number of benzene rings is 1. The molecule has 0 fully saturated rings. The molecule has 0 N–H and O–H groups in total. The van der Waals surface area contributed by atoms with Gasteiger partial charge < -0.3 is 0 Å². The van der Waals surface area contributed by atoms with E-state index in [1.807, 2.05) is 24.3 Å². The van der Waals surface area contributed by atoms with Crippen molar-refractivity contribution in [3.8, 4) is 11.3 Å². The number of pyridine rings is 1. The zero-order valence-electron chi connectivity index (χ0n) is 7.24. The van der Waals surface area contributed by atoms with Crippen molar-refractivity contribution in [3.05, 3.63) is 52.0 Å². The van der Waals surface area contributed by atoms with Gasteiger partial charge in [0.1, 0.15) is 11.5 Å². The Labute approximate surface area is 95.1 Å². The first-order valence-electron chi connectivity index (χ1n) is 4.14. The van der Waals surface area contributed by atoms with Gasteiger partial charge in [-0.25, -0.2) is 4.39 Å². The van der Waals surface area contributed by atoms with Crippen LogP contribution in [-0.4, -0.2) is 4.98 Å². The fourth-order valence-corrected chi connectivity index (χ4v) is 1.88. The fourth-order valence-electron chi connectivity index (χ4n) is 1.24. The average Bonchev–Trinajstić information content (AvgIpc) is 2.20. The third kappa shape index (κ3) is 1.77. The van der Waals surface area contributed by atoms with E-state index in [2.05, 4.69) is 27.6 Å². The Morgan fingerprint density at radius 3 is 2.57 bits per heavy atom. The molecule has 0 unspecified atom stereocenters. The lowest BCUT2D eigenvalue weighted by Gasteiger charge is -2.03. The predicted molar refractivity (Wildman–Crippen MR) is 62.3 cm³/mol. The summed E-state index contributed by atoms with van der Waals surface area (Å²) in [6.07, 6.45) is 1.60. The molecule has 1 aromatic heterocycles. The summed E-state index contributed by atoms with van der Waals surface area (Å²) < 4.78 is 14.4. The van der Waals surface area contributed by atoms with Gasteiger partial charge >= 0.3 is 0 Å². The van der Waals surface area contributed by atoms with Crippen molar-refractivity contribution in [2.75, 3.05) is 0 Å². The third-order valence-corrected chi connectivity index (χ3v) is 2.83. The molecular formula is C11H7FIN. The van der Waals surface area contributed by atoms with Gasteiger partial charge in [0, 0.05) is 15.3 Å². The number of halogens is 2. The van der Waals surface area contributed by atoms with Crippen molar-refractivity contribution in [3.63, 3.8) is 0 Å².